The largest absolute Gasteiger partial charge is 0.508 e. The molecule has 1 fully saturated rings. The molecule has 0 aliphatic carbocycles. The lowest BCUT2D eigenvalue weighted by Crippen LogP contribution is -2.43. The number of carbonyl (C=O) groups is 2. The first-order valence-electron chi connectivity index (χ1n) is 13.7. The Balaban J connectivity index is 0.00000345. The maximum absolute atomic E-state index is 13.1. The van der Waals surface area contributed by atoms with Gasteiger partial charge in [-0.2, -0.15) is 18.3 Å². The number of benzene rings is 2. The number of phenols is 1. The third kappa shape index (κ3) is 12.7. The summed E-state index contributed by atoms with van der Waals surface area (Å²) in [6.07, 6.45) is -1.75. The van der Waals surface area contributed by atoms with Crippen LogP contribution in [0.2, 0.25) is 0 Å². The number of rotatable bonds is 13. The fraction of sp³-hybridized carbons (Fsp3) is 0.379. The van der Waals surface area contributed by atoms with Crippen LogP contribution in [0.1, 0.15) is 38.3 Å². The molecule has 4 N–H and O–H groups in total. The minimum Gasteiger partial charge on any atom is -0.508 e. The Kier molecular flexibility index (Phi) is 15.8. The number of halogens is 3. The third-order valence-corrected chi connectivity index (χ3v) is 6.06. The van der Waals surface area contributed by atoms with Crippen LogP contribution in [-0.2, 0) is 32.1 Å². The monoisotopic (exact) mass is 674 g/mol. The molecule has 2 aromatic carbocycles. The Hall–Kier alpha value is -3.73. The minimum atomic E-state index is -4.41. The van der Waals surface area contributed by atoms with Gasteiger partial charge in [-0.15, -0.1) is 28.9 Å². The summed E-state index contributed by atoms with van der Waals surface area (Å²) in [6, 6.07) is 11.7. The number of aromatic hydroxyl groups is 1. The highest BCUT2D eigenvalue weighted by atomic mass is 33.1. The van der Waals surface area contributed by atoms with Gasteiger partial charge in [0.2, 0.25) is 6.79 Å². The summed E-state index contributed by atoms with van der Waals surface area (Å²) in [4.78, 5) is 30.4. The fourth-order valence-corrected chi connectivity index (χ4v) is 3.76. The highest BCUT2D eigenvalue weighted by Gasteiger charge is 2.36. The second kappa shape index (κ2) is 18.9. The van der Waals surface area contributed by atoms with Crippen LogP contribution in [0.5, 0.6) is 11.5 Å². The van der Waals surface area contributed by atoms with Crippen molar-refractivity contribution in [2.45, 2.75) is 52.4 Å². The van der Waals surface area contributed by atoms with Crippen molar-refractivity contribution in [1.29, 1.82) is 0 Å². The second-order valence-electron chi connectivity index (χ2n) is 9.37. The van der Waals surface area contributed by atoms with Gasteiger partial charge in [-0.05, 0) is 54.8 Å². The number of alkyl carbamates (subject to hydrolysis) is 1. The number of hydrogen-bond donors (Lipinski definition) is 6. The summed E-state index contributed by atoms with van der Waals surface area (Å²) in [7, 11) is 0. The van der Waals surface area contributed by atoms with E-state index in [-0.39, 0.29) is 37.9 Å². The van der Waals surface area contributed by atoms with E-state index >= 15 is 0 Å². The Morgan fingerprint density at radius 3 is 2.29 bits per heavy atom. The molecule has 0 saturated carbocycles. The van der Waals surface area contributed by atoms with Gasteiger partial charge >= 0.3 is 18.2 Å². The summed E-state index contributed by atoms with van der Waals surface area (Å²) in [6.45, 7) is 4.27. The summed E-state index contributed by atoms with van der Waals surface area (Å²) in [5.74, 6) is -1.92. The number of amides is 1. The molecule has 16 heteroatoms. The first-order valence-corrected chi connectivity index (χ1v) is 15.3. The summed E-state index contributed by atoms with van der Waals surface area (Å²) in [5.41, 5.74) is 7.36. The number of hydrogen-bond acceptors (Lipinski definition) is 12. The van der Waals surface area contributed by atoms with Gasteiger partial charge in [0.15, 0.2) is 0 Å². The number of allylic oxidation sites excluding steroid dienone is 2. The molecule has 2 aromatic rings. The first kappa shape index (κ1) is 37.5. The van der Waals surface area contributed by atoms with E-state index in [2.05, 4.69) is 39.6 Å². The smallest absolute Gasteiger partial charge is 0.407 e. The summed E-state index contributed by atoms with van der Waals surface area (Å²) < 4.78 is 55.3. The zero-order chi connectivity index (χ0) is 33.4. The normalized spacial score (nSPS) is 15.9. The number of hydrazine groups is 2. The Labute approximate surface area is 269 Å². The highest BCUT2D eigenvalue weighted by Crippen LogP contribution is 2.30. The van der Waals surface area contributed by atoms with E-state index in [0.29, 0.717) is 29.0 Å². The lowest BCUT2D eigenvalue weighted by molar-refractivity contribution is -0.203. The van der Waals surface area contributed by atoms with Gasteiger partial charge in [0.05, 0.1) is 18.2 Å². The van der Waals surface area contributed by atoms with Crippen molar-refractivity contribution < 1.29 is 46.9 Å². The van der Waals surface area contributed by atoms with Crippen molar-refractivity contribution in [1.82, 2.24) is 21.4 Å². The van der Waals surface area contributed by atoms with Crippen molar-refractivity contribution >= 4 is 35.4 Å². The maximum atomic E-state index is 13.1. The molecule has 1 saturated heterocycles. The topological polar surface area (TPSA) is 131 Å². The van der Waals surface area contributed by atoms with Gasteiger partial charge in [0.25, 0.3) is 0 Å². The van der Waals surface area contributed by atoms with Gasteiger partial charge in [-0.1, -0.05) is 44.2 Å². The standard InChI is InChI=1S/C29H35F3N4O7.H2S2/c1-4-6-24-26(15-19(3)29(30,31)32)36(35-34-24)43-18-42-23-13-9-20(10-14-23)16-25(33-28(39)40-5-2)27(38)41-17-21-7-11-22(37)12-8-21;1-2/h6-15,19,25,34-35,37H,4-5,16-18H2,1-3H3,(H,33,39);1-2H/b24-6+,26-15+;. The molecule has 1 amide bonds. The van der Waals surface area contributed by atoms with E-state index in [1.807, 2.05) is 6.92 Å². The predicted molar refractivity (Wildman–Crippen MR) is 166 cm³/mol. The molecule has 2 unspecified atom stereocenters. The van der Waals surface area contributed by atoms with Crippen molar-refractivity contribution in [3.8, 4) is 11.5 Å². The molecule has 1 aliphatic rings. The molecule has 1 heterocycles. The maximum Gasteiger partial charge on any atom is 0.407 e. The molecule has 248 valence electrons. The lowest BCUT2D eigenvalue weighted by Gasteiger charge is -2.20. The number of esters is 1. The van der Waals surface area contributed by atoms with Crippen LogP contribution in [0.4, 0.5) is 18.0 Å². The number of phenolic OH excluding ortho intramolecular Hbond substituents is 1. The number of carbonyl (C=O) groups excluding carboxylic acids is 2. The van der Waals surface area contributed by atoms with E-state index in [4.69, 9.17) is 19.0 Å². The fourth-order valence-electron chi connectivity index (χ4n) is 3.76. The van der Waals surface area contributed by atoms with E-state index in [1.165, 1.54) is 12.1 Å². The molecule has 0 spiro atoms. The van der Waals surface area contributed by atoms with Gasteiger partial charge < -0.3 is 30.1 Å². The lowest BCUT2D eigenvalue weighted by atomic mass is 10.1. The number of nitrogens with one attached hydrogen (secondary N) is 3. The highest BCUT2D eigenvalue weighted by molar-refractivity contribution is 8.59. The van der Waals surface area contributed by atoms with E-state index in [0.717, 1.165) is 18.2 Å². The van der Waals surface area contributed by atoms with Gasteiger partial charge in [0.1, 0.15) is 29.8 Å². The average Bonchev–Trinajstić information content (AvgIpc) is 3.38. The predicted octanol–water partition coefficient (Wildman–Crippen LogP) is 5.52. The Morgan fingerprint density at radius 1 is 1.04 bits per heavy atom. The number of hydroxylamine groups is 1. The van der Waals surface area contributed by atoms with Crippen LogP contribution < -0.4 is 21.0 Å². The zero-order valence-electron chi connectivity index (χ0n) is 24.8. The van der Waals surface area contributed by atoms with E-state index < -0.39 is 30.2 Å². The molecule has 2 atom stereocenters. The molecular formula is C29H37F3N4O7S2. The minimum absolute atomic E-state index is 0.0595. The zero-order valence-corrected chi connectivity index (χ0v) is 26.6. The van der Waals surface area contributed by atoms with Gasteiger partial charge in [0, 0.05) is 6.42 Å². The van der Waals surface area contributed by atoms with Crippen molar-refractivity contribution in [2.24, 2.45) is 5.92 Å². The second-order valence-corrected chi connectivity index (χ2v) is 9.37. The summed E-state index contributed by atoms with van der Waals surface area (Å²) >= 11 is 6.44. The number of nitrogens with zero attached hydrogens (tertiary/aromatic N) is 1. The van der Waals surface area contributed by atoms with Gasteiger partial charge in [-0.3, -0.25) is 0 Å². The molecule has 1 aliphatic heterocycles. The van der Waals surface area contributed by atoms with Crippen LogP contribution in [0.15, 0.2) is 72.1 Å². The van der Waals surface area contributed by atoms with Crippen LogP contribution in [0.3, 0.4) is 0 Å². The first-order chi connectivity index (χ1) is 21.5. The molecule has 11 nitrogen and oxygen atoms in total. The molecular weight excluding hydrogens is 637 g/mol. The molecule has 3 rings (SSSR count). The van der Waals surface area contributed by atoms with Crippen LogP contribution in [-0.4, -0.2) is 48.0 Å². The third-order valence-electron chi connectivity index (χ3n) is 6.06. The number of thiol groups is 2. The molecule has 0 radical (unpaired) electrons. The molecule has 0 aromatic heterocycles. The average molecular weight is 675 g/mol. The summed E-state index contributed by atoms with van der Waals surface area (Å²) in [5, 5.41) is 13.0. The molecule has 0 bridgehead atoms. The van der Waals surface area contributed by atoms with Crippen molar-refractivity contribution in [3.63, 3.8) is 0 Å². The Morgan fingerprint density at radius 2 is 1.69 bits per heavy atom. The molecule has 45 heavy (non-hydrogen) atoms. The SMILES string of the molecule is CC/C=C1/NNN(OCOc2ccc(CC(NC(=O)OCC)C(=O)OCc3ccc(O)cc3)cc2)/C1=C/C(C)C(F)(F)F.SS. The number of ether oxygens (including phenoxy) is 3. The van der Waals surface area contributed by atoms with Crippen LogP contribution in [0.25, 0.3) is 0 Å². The Bertz CT molecular complexity index is 1280. The van der Waals surface area contributed by atoms with Crippen LogP contribution in [0, 0.1) is 5.92 Å². The van der Waals surface area contributed by atoms with Crippen LogP contribution >= 0.6 is 23.3 Å². The van der Waals surface area contributed by atoms with Crippen molar-refractivity contribution in [2.75, 3.05) is 13.4 Å². The quantitative estimate of drug-likeness (QED) is 0.0699. The van der Waals surface area contributed by atoms with Crippen molar-refractivity contribution in [3.05, 3.63) is 83.2 Å². The van der Waals surface area contributed by atoms with Gasteiger partial charge in [-0.25, -0.2) is 14.4 Å². The van der Waals surface area contributed by atoms with E-state index in [1.54, 1.807) is 49.4 Å². The van der Waals surface area contributed by atoms with E-state index in [9.17, 15) is 27.9 Å². The number of alkyl halides is 3.